The lowest BCUT2D eigenvalue weighted by Gasteiger charge is -2.23. The Hall–Kier alpha value is -2.84. The first-order valence-electron chi connectivity index (χ1n) is 9.09. The quantitative estimate of drug-likeness (QED) is 0.867. The number of halogens is 2. The summed E-state index contributed by atoms with van der Waals surface area (Å²) in [4.78, 5) is 27.5. The van der Waals surface area contributed by atoms with Crippen LogP contribution in [0.3, 0.4) is 0 Å². The molecule has 1 aliphatic heterocycles. The molecule has 1 spiro atoms. The molecule has 0 aromatic carbocycles. The lowest BCUT2D eigenvalue weighted by Crippen LogP contribution is -2.24. The van der Waals surface area contributed by atoms with Crippen LogP contribution in [0.5, 0.6) is 0 Å². The van der Waals surface area contributed by atoms with Crippen molar-refractivity contribution in [2.24, 2.45) is 0 Å². The molecule has 0 radical (unpaired) electrons. The van der Waals surface area contributed by atoms with Gasteiger partial charge in [0.2, 0.25) is 11.7 Å². The highest BCUT2D eigenvalue weighted by molar-refractivity contribution is 5.89. The van der Waals surface area contributed by atoms with Crippen molar-refractivity contribution in [1.82, 2.24) is 15.0 Å². The number of carbonyl (C=O) groups excluding carboxylic acids is 1. The largest absolute Gasteiger partial charge is 0.363 e. The van der Waals surface area contributed by atoms with Crippen LogP contribution in [-0.2, 0) is 16.1 Å². The maximum atomic E-state index is 14.0. The second-order valence-electron chi connectivity index (χ2n) is 7.83. The first-order valence-corrected chi connectivity index (χ1v) is 9.09. The number of fused-ring (bicyclic) bond motifs is 2. The Balaban J connectivity index is 1.83. The molecule has 0 saturated heterocycles. The average Bonchev–Trinajstić information content (AvgIpc) is 3.31. The summed E-state index contributed by atoms with van der Waals surface area (Å²) < 4.78 is 28.0. The van der Waals surface area contributed by atoms with Crippen LogP contribution in [0.1, 0.15) is 38.1 Å². The molecule has 0 bridgehead atoms. The molecular weight excluding hydrogens is 366 g/mol. The molecule has 1 N–H and O–H groups in total. The van der Waals surface area contributed by atoms with Gasteiger partial charge in [0, 0.05) is 63.8 Å². The van der Waals surface area contributed by atoms with Gasteiger partial charge in [-0.05, 0) is 12.8 Å². The van der Waals surface area contributed by atoms with Crippen molar-refractivity contribution < 1.29 is 13.6 Å². The molecule has 7 nitrogen and oxygen atoms in total. The highest BCUT2D eigenvalue weighted by Crippen LogP contribution is 2.58. The maximum absolute atomic E-state index is 14.0. The summed E-state index contributed by atoms with van der Waals surface area (Å²) in [5, 5.41) is 2.68. The second kappa shape index (κ2) is 6.08. The van der Waals surface area contributed by atoms with Gasteiger partial charge in [-0.25, -0.2) is 15.0 Å². The number of anilines is 4. The van der Waals surface area contributed by atoms with E-state index in [1.54, 1.807) is 37.3 Å². The van der Waals surface area contributed by atoms with Crippen LogP contribution in [0, 0.1) is 0 Å². The van der Waals surface area contributed by atoms with Crippen LogP contribution in [0.25, 0.3) is 0 Å². The van der Waals surface area contributed by atoms with Gasteiger partial charge in [-0.1, -0.05) is 0 Å². The van der Waals surface area contributed by atoms with Gasteiger partial charge in [0.15, 0.2) is 0 Å². The molecule has 2 aliphatic rings. The minimum atomic E-state index is -3.15. The predicted octanol–water partition coefficient (Wildman–Crippen LogP) is 3.19. The van der Waals surface area contributed by atoms with Gasteiger partial charge in [0.25, 0.3) is 0 Å². The summed E-state index contributed by atoms with van der Waals surface area (Å²) in [5.41, 5.74) is 1.89. The van der Waals surface area contributed by atoms with Crippen LogP contribution >= 0.6 is 0 Å². The predicted molar refractivity (Wildman–Crippen MR) is 102 cm³/mol. The van der Waals surface area contributed by atoms with E-state index in [2.05, 4.69) is 20.3 Å². The van der Waals surface area contributed by atoms with E-state index in [0.29, 0.717) is 24.0 Å². The maximum Gasteiger partial charge on any atom is 0.303 e. The third-order valence-electron chi connectivity index (χ3n) is 5.19. The molecular formula is C19H22F2N6O. The van der Waals surface area contributed by atoms with Gasteiger partial charge in [0.1, 0.15) is 17.5 Å². The van der Waals surface area contributed by atoms with Crippen molar-refractivity contribution in [1.29, 1.82) is 0 Å². The highest BCUT2D eigenvalue weighted by Gasteiger charge is 2.52. The first-order chi connectivity index (χ1) is 13.1. The number of rotatable bonds is 4. The summed E-state index contributed by atoms with van der Waals surface area (Å²) in [6.07, 6.45) is 3.80. The number of hydrogen-bond donors (Lipinski definition) is 1. The number of hydrogen-bond acceptors (Lipinski definition) is 6. The van der Waals surface area contributed by atoms with Crippen molar-refractivity contribution >= 4 is 29.0 Å². The van der Waals surface area contributed by atoms with Crippen molar-refractivity contribution in [3.05, 3.63) is 29.7 Å². The molecule has 1 fully saturated rings. The lowest BCUT2D eigenvalue weighted by molar-refractivity contribution is -0.114. The number of amides is 1. The molecule has 1 saturated carbocycles. The smallest absolute Gasteiger partial charge is 0.303 e. The Morgan fingerprint density at radius 1 is 1.29 bits per heavy atom. The standard InChI is InChI=1S/C19H22F2N6O/c1-11(28)23-14-7-13-12(9-22-14)19(5-6-19)10-27(13)16-8-15(26(3)4)24-17(25-16)18(2,20)21/h7-9H,5-6,10H2,1-4H3,(H,22,23,28). The fourth-order valence-corrected chi connectivity index (χ4v) is 3.57. The van der Waals surface area contributed by atoms with Crippen LogP contribution in [0.2, 0.25) is 0 Å². The zero-order chi connectivity index (χ0) is 20.3. The summed E-state index contributed by atoms with van der Waals surface area (Å²) in [5.74, 6) is -2.63. The zero-order valence-electron chi connectivity index (χ0n) is 16.3. The fourth-order valence-electron chi connectivity index (χ4n) is 3.57. The monoisotopic (exact) mass is 388 g/mol. The average molecular weight is 388 g/mol. The molecule has 1 amide bonds. The van der Waals surface area contributed by atoms with E-state index in [-0.39, 0.29) is 11.3 Å². The molecule has 2 aromatic rings. The minimum absolute atomic E-state index is 0.0186. The molecule has 148 valence electrons. The highest BCUT2D eigenvalue weighted by atomic mass is 19.3. The summed E-state index contributed by atoms with van der Waals surface area (Å²) in [6, 6.07) is 3.49. The zero-order valence-corrected chi connectivity index (χ0v) is 16.3. The minimum Gasteiger partial charge on any atom is -0.363 e. The normalized spacial score (nSPS) is 16.9. The van der Waals surface area contributed by atoms with Gasteiger partial charge >= 0.3 is 5.92 Å². The van der Waals surface area contributed by atoms with Gasteiger partial charge < -0.3 is 15.1 Å². The summed E-state index contributed by atoms with van der Waals surface area (Å²) in [7, 11) is 3.51. The Morgan fingerprint density at radius 3 is 2.57 bits per heavy atom. The topological polar surface area (TPSA) is 74.2 Å². The second-order valence-corrected chi connectivity index (χ2v) is 7.83. The lowest BCUT2D eigenvalue weighted by atomic mass is 10.0. The number of nitrogens with one attached hydrogen (secondary N) is 1. The number of nitrogens with zero attached hydrogens (tertiary/aromatic N) is 5. The number of alkyl halides is 2. The van der Waals surface area contributed by atoms with E-state index in [1.165, 1.54) is 6.92 Å². The van der Waals surface area contributed by atoms with E-state index in [9.17, 15) is 13.6 Å². The van der Waals surface area contributed by atoms with Gasteiger partial charge in [0.05, 0.1) is 5.69 Å². The van der Waals surface area contributed by atoms with Crippen LogP contribution in [-0.4, -0.2) is 41.5 Å². The Kier molecular flexibility index (Phi) is 4.02. The first kappa shape index (κ1) is 18.5. The van der Waals surface area contributed by atoms with Crippen molar-refractivity contribution in [2.75, 3.05) is 35.8 Å². The Labute approximate surface area is 161 Å². The number of pyridine rings is 1. The fraction of sp³-hybridized carbons (Fsp3) is 0.474. The molecule has 3 heterocycles. The molecule has 28 heavy (non-hydrogen) atoms. The van der Waals surface area contributed by atoms with Crippen molar-refractivity contribution in [3.63, 3.8) is 0 Å². The van der Waals surface area contributed by atoms with Crippen LogP contribution < -0.4 is 15.1 Å². The van der Waals surface area contributed by atoms with E-state index in [1.807, 2.05) is 4.90 Å². The molecule has 0 unspecified atom stereocenters. The third-order valence-corrected chi connectivity index (χ3v) is 5.19. The van der Waals surface area contributed by atoms with Crippen LogP contribution in [0.4, 0.5) is 31.9 Å². The van der Waals surface area contributed by atoms with Crippen molar-refractivity contribution in [2.45, 2.75) is 38.0 Å². The molecule has 2 aromatic heterocycles. The number of aromatic nitrogens is 3. The Bertz CT molecular complexity index is 952. The third kappa shape index (κ3) is 3.14. The van der Waals surface area contributed by atoms with E-state index in [4.69, 9.17) is 0 Å². The van der Waals surface area contributed by atoms with Gasteiger partial charge in [-0.15, -0.1) is 0 Å². The molecule has 1 aliphatic carbocycles. The van der Waals surface area contributed by atoms with Crippen molar-refractivity contribution in [3.8, 4) is 0 Å². The number of carbonyl (C=O) groups is 1. The molecule has 0 atom stereocenters. The summed E-state index contributed by atoms with van der Waals surface area (Å²) >= 11 is 0. The molecule has 4 rings (SSSR count). The van der Waals surface area contributed by atoms with Gasteiger partial charge in [-0.3, -0.25) is 4.79 Å². The van der Waals surface area contributed by atoms with E-state index >= 15 is 0 Å². The van der Waals surface area contributed by atoms with E-state index < -0.39 is 11.7 Å². The molecule has 9 heteroatoms. The van der Waals surface area contributed by atoms with Crippen LogP contribution in [0.15, 0.2) is 18.3 Å². The SMILES string of the molecule is CC(=O)Nc1cc2c(cn1)C1(CC1)CN2c1cc(N(C)C)nc(C(C)(F)F)n1. The Morgan fingerprint density at radius 2 is 2.00 bits per heavy atom. The van der Waals surface area contributed by atoms with Gasteiger partial charge in [-0.2, -0.15) is 8.78 Å². The summed E-state index contributed by atoms with van der Waals surface area (Å²) in [6.45, 7) is 2.86. The van der Waals surface area contributed by atoms with E-state index in [0.717, 1.165) is 31.0 Å².